The molecular weight excluding hydrogens is 356 g/mol. The number of aromatic nitrogens is 1. The van der Waals surface area contributed by atoms with Crippen molar-refractivity contribution in [1.29, 1.82) is 0 Å². The normalized spacial score (nSPS) is 16.4. The zero-order valence-electron chi connectivity index (χ0n) is 15.4. The van der Waals surface area contributed by atoms with Gasteiger partial charge in [-0.1, -0.05) is 30.3 Å². The van der Waals surface area contributed by atoms with Gasteiger partial charge in [-0.3, -0.25) is 9.78 Å². The van der Waals surface area contributed by atoms with Crippen molar-refractivity contribution in [3.8, 4) is 11.5 Å². The second kappa shape index (κ2) is 8.10. The first-order valence-corrected chi connectivity index (χ1v) is 8.94. The van der Waals surface area contributed by atoms with Crippen LogP contribution in [-0.2, 0) is 9.53 Å². The second-order valence-electron chi connectivity index (χ2n) is 6.34. The van der Waals surface area contributed by atoms with Crippen LogP contribution in [-0.4, -0.2) is 24.8 Å². The molecule has 4 rings (SSSR count). The maximum absolute atomic E-state index is 13.1. The molecular formula is C22H20N2O4. The van der Waals surface area contributed by atoms with E-state index in [1.165, 1.54) is 0 Å². The molecule has 0 fully saturated rings. The number of fused-ring (bicyclic) bond motifs is 1. The highest BCUT2D eigenvalue weighted by Crippen LogP contribution is 2.33. The Morgan fingerprint density at radius 3 is 2.54 bits per heavy atom. The third-order valence-electron chi connectivity index (χ3n) is 4.66. The molecule has 28 heavy (non-hydrogen) atoms. The van der Waals surface area contributed by atoms with Gasteiger partial charge in [0.15, 0.2) is 12.9 Å². The Morgan fingerprint density at radius 2 is 1.79 bits per heavy atom. The molecule has 1 N–H and O–H groups in total. The smallest absolute Gasteiger partial charge is 0.254 e. The van der Waals surface area contributed by atoms with Gasteiger partial charge in [0, 0.05) is 18.0 Å². The summed E-state index contributed by atoms with van der Waals surface area (Å²) in [5.74, 6) is 1.19. The lowest BCUT2D eigenvalue weighted by Gasteiger charge is -2.28. The number of methoxy groups -OCH3 is 1. The van der Waals surface area contributed by atoms with Crippen molar-refractivity contribution >= 4 is 5.91 Å². The fourth-order valence-electron chi connectivity index (χ4n) is 3.23. The molecule has 1 aromatic heterocycles. The first-order valence-electron chi connectivity index (χ1n) is 8.94. The Hall–Kier alpha value is -3.38. The molecule has 0 bridgehead atoms. The Kier molecular flexibility index (Phi) is 5.21. The van der Waals surface area contributed by atoms with Gasteiger partial charge in [-0.25, -0.2) is 0 Å². The van der Waals surface area contributed by atoms with Gasteiger partial charge in [0.2, 0.25) is 0 Å². The van der Waals surface area contributed by atoms with E-state index in [2.05, 4.69) is 10.3 Å². The average molecular weight is 376 g/mol. The summed E-state index contributed by atoms with van der Waals surface area (Å²) in [6.07, 6.45) is 2.68. The van der Waals surface area contributed by atoms with Crippen molar-refractivity contribution in [1.82, 2.24) is 10.3 Å². The van der Waals surface area contributed by atoms with E-state index in [1.54, 1.807) is 19.5 Å². The van der Waals surface area contributed by atoms with E-state index < -0.39 is 6.10 Å². The predicted octanol–water partition coefficient (Wildman–Crippen LogP) is 3.40. The van der Waals surface area contributed by atoms with Crippen molar-refractivity contribution in [3.05, 3.63) is 89.7 Å². The fraction of sp³-hybridized carbons (Fsp3) is 0.182. The number of carbonyl (C=O) groups excluding carboxylic acids is 1. The molecule has 3 aromatic rings. The molecule has 1 aliphatic heterocycles. The van der Waals surface area contributed by atoms with E-state index in [9.17, 15) is 4.79 Å². The first-order chi connectivity index (χ1) is 13.8. The van der Waals surface area contributed by atoms with Crippen molar-refractivity contribution in [2.24, 2.45) is 0 Å². The number of nitrogens with zero attached hydrogens (tertiary/aromatic N) is 1. The molecule has 6 nitrogen and oxygen atoms in total. The number of benzene rings is 2. The van der Waals surface area contributed by atoms with Gasteiger partial charge in [-0.15, -0.1) is 0 Å². The van der Waals surface area contributed by atoms with Crippen LogP contribution in [0.15, 0.2) is 73.1 Å². The number of para-hydroxylation sites is 1. The summed E-state index contributed by atoms with van der Waals surface area (Å²) in [6, 6.07) is 18.4. The number of nitrogens with one attached hydrogen (secondary N) is 1. The molecule has 2 atom stereocenters. The Labute approximate surface area is 163 Å². The van der Waals surface area contributed by atoms with Gasteiger partial charge in [0.1, 0.15) is 11.5 Å². The van der Waals surface area contributed by atoms with Gasteiger partial charge >= 0.3 is 0 Å². The van der Waals surface area contributed by atoms with Crippen LogP contribution in [0.4, 0.5) is 0 Å². The van der Waals surface area contributed by atoms with Gasteiger partial charge in [0.25, 0.3) is 5.91 Å². The Morgan fingerprint density at radius 1 is 1.07 bits per heavy atom. The van der Waals surface area contributed by atoms with Crippen LogP contribution in [0, 0.1) is 0 Å². The number of hydrogen-bond acceptors (Lipinski definition) is 5. The molecule has 0 saturated heterocycles. The van der Waals surface area contributed by atoms with Crippen LogP contribution < -0.4 is 14.8 Å². The topological polar surface area (TPSA) is 69.7 Å². The van der Waals surface area contributed by atoms with Crippen LogP contribution in [0.2, 0.25) is 0 Å². The summed E-state index contributed by atoms with van der Waals surface area (Å²) in [6.45, 7) is 0.0392. The van der Waals surface area contributed by atoms with Crippen LogP contribution in [0.5, 0.6) is 11.5 Å². The zero-order chi connectivity index (χ0) is 19.3. The molecule has 1 amide bonds. The lowest BCUT2D eigenvalue weighted by atomic mass is 9.98. The van der Waals surface area contributed by atoms with Gasteiger partial charge < -0.3 is 19.5 Å². The molecule has 0 radical (unpaired) electrons. The molecule has 0 unspecified atom stereocenters. The van der Waals surface area contributed by atoms with E-state index in [1.807, 2.05) is 60.7 Å². The van der Waals surface area contributed by atoms with E-state index in [0.717, 1.165) is 22.4 Å². The summed E-state index contributed by atoms with van der Waals surface area (Å²) in [5.41, 5.74) is 2.57. The van der Waals surface area contributed by atoms with E-state index in [4.69, 9.17) is 14.2 Å². The number of pyridine rings is 1. The molecule has 2 heterocycles. The van der Waals surface area contributed by atoms with Crippen LogP contribution in [0.25, 0.3) is 0 Å². The third kappa shape index (κ3) is 3.68. The monoisotopic (exact) mass is 376 g/mol. The molecule has 1 aliphatic rings. The van der Waals surface area contributed by atoms with Gasteiger partial charge in [-0.05, 0) is 41.5 Å². The second-order valence-corrected chi connectivity index (χ2v) is 6.34. The predicted molar refractivity (Wildman–Crippen MR) is 103 cm³/mol. The molecule has 142 valence electrons. The molecule has 0 aliphatic carbocycles. The standard InChI is InChI=1S/C22H20N2O4/c1-26-17-8-6-15(7-9-17)20(16-10-12-23-13-11-16)24-22(25)21-18-4-2-3-5-19(18)27-14-28-21/h2-13,20-21H,14H2,1H3,(H,24,25)/t20-,21+/m1/s1. The number of carbonyl (C=O) groups is 1. The van der Waals surface area contributed by atoms with E-state index in [0.29, 0.717) is 5.75 Å². The highest BCUT2D eigenvalue weighted by molar-refractivity contribution is 5.84. The summed E-state index contributed by atoms with van der Waals surface area (Å²) in [4.78, 5) is 17.2. The van der Waals surface area contributed by atoms with E-state index in [-0.39, 0.29) is 18.7 Å². The van der Waals surface area contributed by atoms with Crippen LogP contribution in [0.3, 0.4) is 0 Å². The maximum Gasteiger partial charge on any atom is 0.254 e. The summed E-state index contributed by atoms with van der Waals surface area (Å²) < 4.78 is 16.3. The molecule has 0 saturated carbocycles. The minimum atomic E-state index is -0.729. The molecule has 6 heteroatoms. The van der Waals surface area contributed by atoms with Crippen molar-refractivity contribution in [2.45, 2.75) is 12.1 Å². The molecule has 2 aromatic carbocycles. The quantitative estimate of drug-likeness (QED) is 0.739. The minimum Gasteiger partial charge on any atom is -0.497 e. The summed E-state index contributed by atoms with van der Waals surface area (Å²) in [5, 5.41) is 3.11. The Bertz CT molecular complexity index is 944. The fourth-order valence-corrected chi connectivity index (χ4v) is 3.23. The van der Waals surface area contributed by atoms with Crippen molar-refractivity contribution in [3.63, 3.8) is 0 Å². The van der Waals surface area contributed by atoms with Gasteiger partial charge in [-0.2, -0.15) is 0 Å². The molecule has 0 spiro atoms. The summed E-state index contributed by atoms with van der Waals surface area (Å²) in [7, 11) is 1.62. The third-order valence-corrected chi connectivity index (χ3v) is 4.66. The van der Waals surface area contributed by atoms with Crippen molar-refractivity contribution < 1.29 is 19.0 Å². The first kappa shape index (κ1) is 18.0. The number of amides is 1. The lowest BCUT2D eigenvalue weighted by Crippen LogP contribution is -2.36. The van der Waals surface area contributed by atoms with Crippen LogP contribution >= 0.6 is 0 Å². The Balaban J connectivity index is 1.63. The summed E-state index contributed by atoms with van der Waals surface area (Å²) >= 11 is 0. The number of rotatable bonds is 5. The lowest BCUT2D eigenvalue weighted by molar-refractivity contribution is -0.142. The minimum absolute atomic E-state index is 0.0392. The SMILES string of the molecule is COc1ccc([C@@H](NC(=O)[C@H]2OCOc3ccccc32)c2ccncc2)cc1. The van der Waals surface area contributed by atoms with Crippen molar-refractivity contribution in [2.75, 3.05) is 13.9 Å². The highest BCUT2D eigenvalue weighted by atomic mass is 16.7. The van der Waals surface area contributed by atoms with Crippen LogP contribution in [0.1, 0.15) is 28.8 Å². The number of ether oxygens (including phenoxy) is 3. The largest absolute Gasteiger partial charge is 0.497 e. The average Bonchev–Trinajstić information content (AvgIpc) is 2.77. The zero-order valence-corrected chi connectivity index (χ0v) is 15.4. The van der Waals surface area contributed by atoms with Gasteiger partial charge in [0.05, 0.1) is 13.2 Å². The maximum atomic E-state index is 13.1. The number of hydrogen-bond donors (Lipinski definition) is 1. The van der Waals surface area contributed by atoms with E-state index >= 15 is 0 Å². The highest BCUT2D eigenvalue weighted by Gasteiger charge is 2.30.